The van der Waals surface area contributed by atoms with Crippen molar-refractivity contribution >= 4 is 28.1 Å². The molecule has 0 bridgehead atoms. The predicted molar refractivity (Wildman–Crippen MR) is 112 cm³/mol. The number of anilines is 2. The molecule has 3 aliphatic rings. The Morgan fingerprint density at radius 1 is 0.862 bits per heavy atom. The minimum Gasteiger partial charge on any atom is -0.378 e. The summed E-state index contributed by atoms with van der Waals surface area (Å²) in [4.78, 5) is 18.3. The second-order valence-electron chi connectivity index (χ2n) is 8.05. The molecule has 0 atom stereocenters. The lowest BCUT2D eigenvalue weighted by Crippen LogP contribution is -2.38. The van der Waals surface area contributed by atoms with Gasteiger partial charge in [0.25, 0.3) is 0 Å². The Hall–Kier alpha value is -2.86. The van der Waals surface area contributed by atoms with Crippen LogP contribution in [0.4, 0.5) is 11.4 Å². The number of ketones is 1. The fourth-order valence-electron chi connectivity index (χ4n) is 4.95. The number of piperidine rings is 1. The van der Waals surface area contributed by atoms with Crippen LogP contribution in [0.2, 0.25) is 0 Å². The molecule has 6 nitrogen and oxygen atoms in total. The molecule has 0 unspecified atom stereocenters. The second-order valence-corrected chi connectivity index (χ2v) is 8.05. The molecule has 0 spiro atoms. The molecule has 6 rings (SSSR count). The van der Waals surface area contributed by atoms with Crippen molar-refractivity contribution in [2.75, 3.05) is 49.2 Å². The molecule has 1 aliphatic carbocycles. The van der Waals surface area contributed by atoms with Gasteiger partial charge in [0.05, 0.1) is 35.5 Å². The molecule has 2 aliphatic heterocycles. The number of fused-ring (bicyclic) bond motifs is 2. The molecule has 3 aromatic rings. The summed E-state index contributed by atoms with van der Waals surface area (Å²) in [7, 11) is 0. The van der Waals surface area contributed by atoms with Gasteiger partial charge in [-0.2, -0.15) is 0 Å². The van der Waals surface area contributed by atoms with Crippen molar-refractivity contribution in [3.05, 3.63) is 41.5 Å². The molecular weight excluding hydrogens is 366 g/mol. The predicted octanol–water partition coefficient (Wildman–Crippen LogP) is 3.87. The van der Waals surface area contributed by atoms with Gasteiger partial charge in [0.2, 0.25) is 0 Å². The van der Waals surface area contributed by atoms with E-state index in [1.165, 1.54) is 19.3 Å². The topological polar surface area (TPSA) is 58.8 Å². The van der Waals surface area contributed by atoms with Crippen LogP contribution < -0.4 is 9.80 Å². The highest BCUT2D eigenvalue weighted by Crippen LogP contribution is 2.47. The zero-order chi connectivity index (χ0) is 19.4. The Morgan fingerprint density at radius 2 is 1.59 bits per heavy atom. The first-order valence-corrected chi connectivity index (χ1v) is 10.5. The molecule has 1 aromatic heterocycles. The highest BCUT2D eigenvalue weighted by atomic mass is 16.5. The van der Waals surface area contributed by atoms with E-state index in [0.717, 1.165) is 65.3 Å². The van der Waals surface area contributed by atoms with Crippen LogP contribution in [0.15, 0.2) is 34.9 Å². The summed E-state index contributed by atoms with van der Waals surface area (Å²) in [6.45, 7) is 4.96. The van der Waals surface area contributed by atoms with Crippen LogP contribution in [0.25, 0.3) is 22.2 Å². The van der Waals surface area contributed by atoms with Crippen molar-refractivity contribution in [1.82, 2.24) is 5.16 Å². The minimum atomic E-state index is 0.0629. The highest BCUT2D eigenvalue weighted by molar-refractivity contribution is 6.28. The van der Waals surface area contributed by atoms with Crippen molar-refractivity contribution in [2.24, 2.45) is 0 Å². The lowest BCUT2D eigenvalue weighted by Gasteiger charge is -2.34. The van der Waals surface area contributed by atoms with Crippen LogP contribution in [0.5, 0.6) is 0 Å². The van der Waals surface area contributed by atoms with Crippen molar-refractivity contribution in [1.29, 1.82) is 0 Å². The van der Waals surface area contributed by atoms with Crippen LogP contribution in [-0.4, -0.2) is 50.3 Å². The maximum Gasteiger partial charge on any atom is 0.196 e. The quantitative estimate of drug-likeness (QED) is 0.519. The molecule has 2 saturated heterocycles. The summed E-state index contributed by atoms with van der Waals surface area (Å²) in [5.74, 6) is 0.784. The number of hydrogen-bond donors (Lipinski definition) is 0. The number of nitrogens with zero attached hydrogens (tertiary/aromatic N) is 3. The van der Waals surface area contributed by atoms with E-state index in [0.29, 0.717) is 18.8 Å². The fraction of sp³-hybridized carbons (Fsp3) is 0.391. The standard InChI is InChI=1S/C23H23N3O3/c27-22-15-6-2-3-7-16(15)23-20-19(22)17(26-10-12-28-13-11-26)14-18(21(20)24-29-23)25-8-4-1-5-9-25/h2-3,6-7,14H,1,4-5,8-13H2. The Balaban J connectivity index is 1.64. The van der Waals surface area contributed by atoms with Gasteiger partial charge in [-0.15, -0.1) is 0 Å². The number of hydrogen-bond acceptors (Lipinski definition) is 6. The summed E-state index contributed by atoms with van der Waals surface area (Å²) in [5, 5.41) is 5.35. The van der Waals surface area contributed by atoms with Gasteiger partial charge in [-0.3, -0.25) is 4.79 Å². The normalized spacial score (nSPS) is 19.0. The number of carbonyl (C=O) groups excluding carboxylic acids is 1. The third-order valence-electron chi connectivity index (χ3n) is 6.41. The summed E-state index contributed by atoms with van der Waals surface area (Å²) in [6.07, 6.45) is 3.63. The Kier molecular flexibility index (Phi) is 3.87. The lowest BCUT2D eigenvalue weighted by molar-refractivity contribution is 0.103. The van der Waals surface area contributed by atoms with Crippen LogP contribution in [0, 0.1) is 0 Å². The molecule has 148 valence electrons. The number of rotatable bonds is 2. The van der Waals surface area contributed by atoms with Gasteiger partial charge in [0, 0.05) is 37.3 Å². The van der Waals surface area contributed by atoms with Gasteiger partial charge in [-0.05, 0) is 25.3 Å². The summed E-state index contributed by atoms with van der Waals surface area (Å²) in [6, 6.07) is 9.87. The Morgan fingerprint density at radius 3 is 2.38 bits per heavy atom. The molecule has 2 fully saturated rings. The SMILES string of the molecule is O=C1c2ccccc2-c2onc3c(N4CCCCC4)cc(N4CCOCC4)c1c23. The van der Waals surface area contributed by atoms with Crippen molar-refractivity contribution in [3.63, 3.8) is 0 Å². The van der Waals surface area contributed by atoms with E-state index in [9.17, 15) is 4.79 Å². The van der Waals surface area contributed by atoms with Crippen LogP contribution >= 0.6 is 0 Å². The smallest absolute Gasteiger partial charge is 0.196 e. The van der Waals surface area contributed by atoms with Gasteiger partial charge in [-0.25, -0.2) is 0 Å². The minimum absolute atomic E-state index is 0.0629. The van der Waals surface area contributed by atoms with E-state index < -0.39 is 0 Å². The average Bonchev–Trinajstić information content (AvgIpc) is 3.24. The molecule has 0 N–H and O–H groups in total. The van der Waals surface area contributed by atoms with Gasteiger partial charge in [-0.1, -0.05) is 29.4 Å². The number of ether oxygens (including phenoxy) is 1. The van der Waals surface area contributed by atoms with E-state index in [1.54, 1.807) is 0 Å². The van der Waals surface area contributed by atoms with E-state index in [-0.39, 0.29) is 5.78 Å². The monoisotopic (exact) mass is 389 g/mol. The first-order chi connectivity index (χ1) is 14.3. The second kappa shape index (κ2) is 6.59. The van der Waals surface area contributed by atoms with Gasteiger partial charge >= 0.3 is 0 Å². The third-order valence-corrected chi connectivity index (χ3v) is 6.41. The molecule has 0 amide bonds. The lowest BCUT2D eigenvalue weighted by atomic mass is 9.86. The van der Waals surface area contributed by atoms with E-state index >= 15 is 0 Å². The number of morpholine rings is 1. The molecule has 0 radical (unpaired) electrons. The first-order valence-electron chi connectivity index (χ1n) is 10.5. The van der Waals surface area contributed by atoms with E-state index in [4.69, 9.17) is 9.26 Å². The molecular formula is C23H23N3O3. The molecule has 2 aromatic carbocycles. The summed E-state index contributed by atoms with van der Waals surface area (Å²) >= 11 is 0. The Labute approximate surface area is 169 Å². The number of carbonyl (C=O) groups is 1. The zero-order valence-corrected chi connectivity index (χ0v) is 16.3. The number of benzene rings is 2. The van der Waals surface area contributed by atoms with Crippen molar-refractivity contribution in [3.8, 4) is 11.3 Å². The van der Waals surface area contributed by atoms with Crippen LogP contribution in [-0.2, 0) is 4.74 Å². The van der Waals surface area contributed by atoms with Gasteiger partial charge in [0.1, 0.15) is 5.52 Å². The average molecular weight is 389 g/mol. The summed E-state index contributed by atoms with van der Waals surface area (Å²) in [5.41, 5.74) is 5.17. The maximum atomic E-state index is 13.6. The Bertz CT molecular complexity index is 1110. The molecule has 29 heavy (non-hydrogen) atoms. The van der Waals surface area contributed by atoms with E-state index in [2.05, 4.69) is 21.0 Å². The van der Waals surface area contributed by atoms with E-state index in [1.807, 2.05) is 24.3 Å². The number of aromatic nitrogens is 1. The summed E-state index contributed by atoms with van der Waals surface area (Å²) < 4.78 is 11.4. The fourth-order valence-corrected chi connectivity index (χ4v) is 4.95. The highest BCUT2D eigenvalue weighted by Gasteiger charge is 2.35. The van der Waals surface area contributed by atoms with Gasteiger partial charge < -0.3 is 19.1 Å². The van der Waals surface area contributed by atoms with Crippen LogP contribution in [0.1, 0.15) is 35.2 Å². The molecule has 6 heteroatoms. The third kappa shape index (κ3) is 2.52. The maximum absolute atomic E-state index is 13.6. The largest absolute Gasteiger partial charge is 0.378 e. The molecule has 3 heterocycles. The van der Waals surface area contributed by atoms with Crippen molar-refractivity contribution in [2.45, 2.75) is 19.3 Å². The van der Waals surface area contributed by atoms with Crippen LogP contribution in [0.3, 0.4) is 0 Å². The molecule has 0 saturated carbocycles. The first kappa shape index (κ1) is 17.0. The van der Waals surface area contributed by atoms with Crippen molar-refractivity contribution < 1.29 is 14.1 Å². The van der Waals surface area contributed by atoms with Gasteiger partial charge in [0.15, 0.2) is 11.5 Å². The zero-order valence-electron chi connectivity index (χ0n) is 16.3.